The topological polar surface area (TPSA) is 40.5 Å². The molecule has 0 bridgehead atoms. The first-order valence-electron chi connectivity index (χ1n) is 11.0. The van der Waals surface area contributed by atoms with Crippen LogP contribution in [0.1, 0.15) is 92.7 Å². The maximum Gasteiger partial charge on any atom is 0.122 e. The van der Waals surface area contributed by atoms with Crippen molar-refractivity contribution in [1.82, 2.24) is 0 Å². The third kappa shape index (κ3) is 6.26. The van der Waals surface area contributed by atoms with Crippen LogP contribution in [0.25, 0.3) is 0 Å². The van der Waals surface area contributed by atoms with Crippen molar-refractivity contribution < 1.29 is 10.2 Å². The first kappa shape index (κ1) is 23.3. The molecule has 0 aliphatic rings. The number of hydrogen-bond acceptors (Lipinski definition) is 2. The van der Waals surface area contributed by atoms with Crippen LogP contribution in [-0.2, 0) is 0 Å². The fourth-order valence-corrected chi connectivity index (χ4v) is 4.44. The Morgan fingerprint density at radius 1 is 0.793 bits per heavy atom. The smallest absolute Gasteiger partial charge is 0.122 e. The van der Waals surface area contributed by atoms with E-state index < -0.39 is 0 Å². The van der Waals surface area contributed by atoms with Gasteiger partial charge in [0.2, 0.25) is 0 Å². The van der Waals surface area contributed by atoms with Crippen molar-refractivity contribution in [1.29, 1.82) is 0 Å². The second-order valence-electron chi connectivity index (χ2n) is 10.4. The van der Waals surface area contributed by atoms with Crippen molar-refractivity contribution >= 4 is 0 Å². The van der Waals surface area contributed by atoms with Gasteiger partial charge in [0.1, 0.15) is 11.5 Å². The van der Waals surface area contributed by atoms with Crippen molar-refractivity contribution in [3.05, 3.63) is 57.6 Å². The number of rotatable bonds is 7. The van der Waals surface area contributed by atoms with Crippen LogP contribution < -0.4 is 0 Å². The molecule has 0 radical (unpaired) electrons. The highest BCUT2D eigenvalue weighted by Crippen LogP contribution is 2.43. The van der Waals surface area contributed by atoms with E-state index in [4.69, 9.17) is 0 Å². The number of phenols is 2. The molecule has 2 nitrogen and oxygen atoms in total. The van der Waals surface area contributed by atoms with Crippen molar-refractivity contribution in [3.63, 3.8) is 0 Å². The van der Waals surface area contributed by atoms with Crippen molar-refractivity contribution in [2.24, 2.45) is 11.3 Å². The highest BCUT2D eigenvalue weighted by Gasteiger charge is 2.25. The standard InChI is InChI=1S/C27H40O2/c1-17(10-9-11-27(6,7)8)14-22(23-15-18(2)12-20(4)25(23)28)24-16-19(3)13-21(5)26(24)29/h12-13,15-17,22,28-29H,9-11,14H2,1-8H3. The third-order valence-electron chi connectivity index (χ3n) is 5.96. The van der Waals surface area contributed by atoms with Gasteiger partial charge in [-0.2, -0.15) is 0 Å². The highest BCUT2D eigenvalue weighted by atomic mass is 16.3. The number of phenolic OH excluding ortho intramolecular Hbond substituents is 2. The third-order valence-corrected chi connectivity index (χ3v) is 5.96. The molecule has 0 saturated carbocycles. The maximum atomic E-state index is 10.9. The molecule has 2 rings (SSSR count). The van der Waals surface area contributed by atoms with Gasteiger partial charge in [0.15, 0.2) is 0 Å². The second kappa shape index (κ2) is 9.24. The lowest BCUT2D eigenvalue weighted by Gasteiger charge is -2.26. The van der Waals surface area contributed by atoms with E-state index in [0.717, 1.165) is 46.2 Å². The van der Waals surface area contributed by atoms with E-state index in [9.17, 15) is 10.2 Å². The lowest BCUT2D eigenvalue weighted by atomic mass is 9.79. The molecule has 0 amide bonds. The summed E-state index contributed by atoms with van der Waals surface area (Å²) in [6.45, 7) is 17.2. The monoisotopic (exact) mass is 396 g/mol. The Hall–Kier alpha value is -1.96. The Labute approximate surface area is 178 Å². The molecular formula is C27H40O2. The molecule has 0 heterocycles. The molecule has 2 N–H and O–H groups in total. The van der Waals surface area contributed by atoms with Crippen LogP contribution in [0.2, 0.25) is 0 Å². The molecule has 2 aromatic rings. The largest absolute Gasteiger partial charge is 0.507 e. The van der Waals surface area contributed by atoms with Crippen molar-refractivity contribution in [2.45, 2.75) is 87.0 Å². The molecule has 0 aliphatic carbocycles. The van der Waals surface area contributed by atoms with Gasteiger partial charge < -0.3 is 10.2 Å². The van der Waals surface area contributed by atoms with Crippen LogP contribution >= 0.6 is 0 Å². The van der Waals surface area contributed by atoms with E-state index >= 15 is 0 Å². The zero-order valence-corrected chi connectivity index (χ0v) is 19.7. The molecule has 1 unspecified atom stereocenters. The maximum absolute atomic E-state index is 10.9. The van der Waals surface area contributed by atoms with E-state index in [-0.39, 0.29) is 5.92 Å². The first-order chi connectivity index (χ1) is 13.4. The van der Waals surface area contributed by atoms with E-state index in [1.165, 1.54) is 12.8 Å². The van der Waals surface area contributed by atoms with E-state index in [1.807, 2.05) is 26.0 Å². The van der Waals surface area contributed by atoms with Gasteiger partial charge in [-0.25, -0.2) is 0 Å². The van der Waals surface area contributed by atoms with Crippen LogP contribution in [0.5, 0.6) is 11.5 Å². The lowest BCUT2D eigenvalue weighted by Crippen LogP contribution is -2.11. The van der Waals surface area contributed by atoms with E-state index in [0.29, 0.717) is 22.8 Å². The Morgan fingerprint density at radius 3 is 1.66 bits per heavy atom. The molecule has 2 heteroatoms. The summed E-state index contributed by atoms with van der Waals surface area (Å²) in [5.41, 5.74) is 6.31. The predicted molar refractivity (Wildman–Crippen MR) is 124 cm³/mol. The summed E-state index contributed by atoms with van der Waals surface area (Å²) in [7, 11) is 0. The molecule has 1 atom stereocenters. The van der Waals surface area contributed by atoms with Gasteiger partial charge in [0.05, 0.1) is 0 Å². The summed E-state index contributed by atoms with van der Waals surface area (Å²) in [5, 5.41) is 21.8. The van der Waals surface area contributed by atoms with E-state index in [1.54, 1.807) is 0 Å². The van der Waals surface area contributed by atoms with Crippen LogP contribution in [-0.4, -0.2) is 10.2 Å². The number of benzene rings is 2. The molecule has 0 spiro atoms. The number of aryl methyl sites for hydroxylation is 4. The second-order valence-corrected chi connectivity index (χ2v) is 10.4. The highest BCUT2D eigenvalue weighted by molar-refractivity contribution is 5.53. The summed E-state index contributed by atoms with van der Waals surface area (Å²) in [5.74, 6) is 1.21. The molecule has 0 fully saturated rings. The normalized spacial score (nSPS) is 13.1. The van der Waals surface area contributed by atoms with Gasteiger partial charge in [-0.15, -0.1) is 0 Å². The zero-order chi connectivity index (χ0) is 21.9. The van der Waals surface area contributed by atoms with Crippen molar-refractivity contribution in [2.75, 3.05) is 0 Å². The first-order valence-corrected chi connectivity index (χ1v) is 11.0. The fraction of sp³-hybridized carbons (Fsp3) is 0.556. The fourth-order valence-electron chi connectivity index (χ4n) is 4.44. The molecule has 160 valence electrons. The lowest BCUT2D eigenvalue weighted by molar-refractivity contribution is 0.334. The average Bonchev–Trinajstić information content (AvgIpc) is 2.58. The van der Waals surface area contributed by atoms with Gasteiger partial charge in [-0.05, 0) is 63.0 Å². The zero-order valence-electron chi connectivity index (χ0n) is 19.7. The van der Waals surface area contributed by atoms with Gasteiger partial charge in [-0.1, -0.05) is 75.9 Å². The van der Waals surface area contributed by atoms with Gasteiger partial charge in [0, 0.05) is 17.0 Å². The van der Waals surface area contributed by atoms with Gasteiger partial charge in [-0.3, -0.25) is 0 Å². The minimum absolute atomic E-state index is 0.0168. The average molecular weight is 397 g/mol. The molecular weight excluding hydrogens is 356 g/mol. The van der Waals surface area contributed by atoms with Crippen molar-refractivity contribution in [3.8, 4) is 11.5 Å². The Bertz CT molecular complexity index is 785. The molecule has 29 heavy (non-hydrogen) atoms. The van der Waals surface area contributed by atoms with Crippen LogP contribution in [0.3, 0.4) is 0 Å². The molecule has 0 saturated heterocycles. The number of hydrogen-bond donors (Lipinski definition) is 2. The summed E-state index contributed by atoms with van der Waals surface area (Å²) in [4.78, 5) is 0. The minimum Gasteiger partial charge on any atom is -0.507 e. The molecule has 0 aromatic heterocycles. The van der Waals surface area contributed by atoms with Crippen LogP contribution in [0.15, 0.2) is 24.3 Å². The van der Waals surface area contributed by atoms with Crippen LogP contribution in [0.4, 0.5) is 0 Å². The SMILES string of the molecule is Cc1cc(C)c(O)c(C(CC(C)CCCC(C)(C)C)c2cc(C)cc(C)c2O)c1. The Kier molecular flexibility index (Phi) is 7.43. The van der Waals surface area contributed by atoms with Crippen LogP contribution in [0, 0.1) is 39.0 Å². The minimum atomic E-state index is -0.0168. The summed E-state index contributed by atoms with van der Waals surface area (Å²) >= 11 is 0. The molecule has 0 aliphatic heterocycles. The number of aromatic hydroxyl groups is 2. The molecule has 2 aromatic carbocycles. The van der Waals surface area contributed by atoms with Gasteiger partial charge >= 0.3 is 0 Å². The van der Waals surface area contributed by atoms with E-state index in [2.05, 4.69) is 53.7 Å². The van der Waals surface area contributed by atoms with Gasteiger partial charge in [0.25, 0.3) is 0 Å². The summed E-state index contributed by atoms with van der Waals surface area (Å²) < 4.78 is 0. The summed E-state index contributed by atoms with van der Waals surface area (Å²) in [6, 6.07) is 8.21. The Balaban J connectivity index is 2.43. The summed E-state index contributed by atoms with van der Waals surface area (Å²) in [6.07, 6.45) is 4.49. The quantitative estimate of drug-likeness (QED) is 0.503. The Morgan fingerprint density at radius 2 is 1.24 bits per heavy atom. The predicted octanol–water partition coefficient (Wildman–Crippen LogP) is 7.71.